The molecule has 19 heavy (non-hydrogen) atoms. The number of ether oxygens (including phenoxy) is 1. The number of benzene rings is 1. The maximum atomic E-state index is 6.35. The molecule has 102 valence electrons. The highest BCUT2D eigenvalue weighted by Gasteiger charge is 2.61. The fraction of sp³-hybridized carbons (Fsp3) is 0.625. The molecule has 1 saturated carbocycles. The first-order chi connectivity index (χ1) is 8.89. The Balaban J connectivity index is 0.000000968. The number of piperidine rings is 1. The van der Waals surface area contributed by atoms with Crippen LogP contribution in [0, 0.1) is 5.92 Å². The Morgan fingerprint density at radius 3 is 3.16 bits per heavy atom. The van der Waals surface area contributed by atoms with Crippen molar-refractivity contribution >= 4 is 12.4 Å². The third kappa shape index (κ3) is 1.27. The summed E-state index contributed by atoms with van der Waals surface area (Å²) in [6, 6.07) is 7.41. The van der Waals surface area contributed by atoms with E-state index < -0.39 is 0 Å². The Morgan fingerprint density at radius 2 is 2.21 bits per heavy atom. The zero-order valence-corrected chi connectivity index (χ0v) is 11.8. The minimum atomic E-state index is 0. The molecule has 4 aliphatic rings. The Bertz CT molecular complexity index is 531. The van der Waals surface area contributed by atoms with Gasteiger partial charge in [-0.3, -0.25) is 0 Å². The van der Waals surface area contributed by atoms with Crippen LogP contribution in [0.15, 0.2) is 18.2 Å². The van der Waals surface area contributed by atoms with Crippen molar-refractivity contribution in [2.24, 2.45) is 5.92 Å². The first-order valence-corrected chi connectivity index (χ1v) is 7.42. The summed E-state index contributed by atoms with van der Waals surface area (Å²) < 4.78 is 6.35. The van der Waals surface area contributed by atoms with E-state index in [2.05, 4.69) is 23.5 Å². The highest BCUT2D eigenvalue weighted by molar-refractivity contribution is 5.85. The molecule has 1 aromatic carbocycles. The van der Waals surface area contributed by atoms with E-state index in [1.807, 2.05) is 0 Å². The first kappa shape index (κ1) is 12.0. The minimum absolute atomic E-state index is 0. The summed E-state index contributed by atoms with van der Waals surface area (Å²) in [5.41, 5.74) is 3.54. The zero-order chi connectivity index (χ0) is 11.7. The lowest BCUT2D eigenvalue weighted by atomic mass is 9.52. The van der Waals surface area contributed by atoms with E-state index in [0.29, 0.717) is 17.6 Å². The van der Waals surface area contributed by atoms with E-state index in [9.17, 15) is 0 Å². The van der Waals surface area contributed by atoms with Crippen LogP contribution in [0.25, 0.3) is 0 Å². The zero-order valence-electron chi connectivity index (χ0n) is 11.0. The smallest absolute Gasteiger partial charge is 0.123 e. The average Bonchev–Trinajstić information content (AvgIpc) is 2.70. The summed E-state index contributed by atoms with van der Waals surface area (Å²) in [4.78, 5) is 0. The average molecular weight is 278 g/mol. The summed E-state index contributed by atoms with van der Waals surface area (Å²) in [6.45, 7) is 1.18. The molecular formula is C16H20ClNO. The molecule has 2 nitrogen and oxygen atoms in total. The summed E-state index contributed by atoms with van der Waals surface area (Å²) in [6.07, 6.45) is 6.97. The molecule has 1 N–H and O–H groups in total. The molecule has 4 unspecified atom stereocenters. The van der Waals surface area contributed by atoms with Crippen LogP contribution in [0.2, 0.25) is 0 Å². The van der Waals surface area contributed by atoms with Gasteiger partial charge in [-0.05, 0) is 56.2 Å². The molecule has 1 aromatic rings. The van der Waals surface area contributed by atoms with Gasteiger partial charge in [0.2, 0.25) is 0 Å². The van der Waals surface area contributed by atoms with Crippen molar-refractivity contribution in [2.45, 2.75) is 49.7 Å². The van der Waals surface area contributed by atoms with Crippen molar-refractivity contribution in [3.05, 3.63) is 29.3 Å². The Morgan fingerprint density at radius 1 is 1.26 bits per heavy atom. The van der Waals surface area contributed by atoms with Gasteiger partial charge in [0, 0.05) is 17.0 Å². The molecule has 0 radical (unpaired) electrons. The van der Waals surface area contributed by atoms with Crippen LogP contribution in [-0.2, 0) is 11.8 Å². The van der Waals surface area contributed by atoms with Crippen molar-refractivity contribution in [3.63, 3.8) is 0 Å². The van der Waals surface area contributed by atoms with Gasteiger partial charge in [-0.25, -0.2) is 0 Å². The summed E-state index contributed by atoms with van der Waals surface area (Å²) in [5, 5.41) is 3.77. The van der Waals surface area contributed by atoms with Crippen LogP contribution in [0.5, 0.6) is 5.75 Å². The SMILES string of the molecule is Cl.c1cc2c3c(c1)OC1CCCC4C(C2)NCCC314. The van der Waals surface area contributed by atoms with Crippen LogP contribution in [0.3, 0.4) is 0 Å². The number of nitrogens with one attached hydrogen (secondary N) is 1. The fourth-order valence-electron chi connectivity index (χ4n) is 5.40. The van der Waals surface area contributed by atoms with Crippen LogP contribution < -0.4 is 10.1 Å². The van der Waals surface area contributed by atoms with Crippen molar-refractivity contribution in [1.29, 1.82) is 0 Å². The van der Waals surface area contributed by atoms with Crippen molar-refractivity contribution in [1.82, 2.24) is 5.32 Å². The number of rotatable bonds is 0. The van der Waals surface area contributed by atoms with E-state index in [1.165, 1.54) is 44.4 Å². The van der Waals surface area contributed by atoms with Crippen molar-refractivity contribution in [2.75, 3.05) is 6.54 Å². The van der Waals surface area contributed by atoms with Gasteiger partial charge < -0.3 is 10.1 Å². The second-order valence-electron chi connectivity index (χ2n) is 6.49. The maximum Gasteiger partial charge on any atom is 0.123 e. The predicted octanol–water partition coefficient (Wildman–Crippen LogP) is 2.83. The topological polar surface area (TPSA) is 21.3 Å². The van der Waals surface area contributed by atoms with Crippen LogP contribution in [-0.4, -0.2) is 18.7 Å². The fourth-order valence-corrected chi connectivity index (χ4v) is 5.40. The highest BCUT2D eigenvalue weighted by Crippen LogP contribution is 2.60. The van der Waals surface area contributed by atoms with Crippen molar-refractivity contribution in [3.8, 4) is 5.75 Å². The van der Waals surface area contributed by atoms with E-state index >= 15 is 0 Å². The molecule has 0 aromatic heterocycles. The molecule has 5 rings (SSSR count). The normalized spacial score (nSPS) is 40.9. The summed E-state index contributed by atoms with van der Waals surface area (Å²) in [5.74, 6) is 2.03. The molecule has 2 fully saturated rings. The van der Waals surface area contributed by atoms with Gasteiger partial charge >= 0.3 is 0 Å². The van der Waals surface area contributed by atoms with Gasteiger partial charge in [-0.2, -0.15) is 0 Å². The molecule has 2 bridgehead atoms. The predicted molar refractivity (Wildman–Crippen MR) is 77.2 cm³/mol. The van der Waals surface area contributed by atoms with E-state index in [4.69, 9.17) is 4.74 Å². The monoisotopic (exact) mass is 277 g/mol. The second-order valence-corrected chi connectivity index (χ2v) is 6.49. The molecule has 2 aliphatic carbocycles. The van der Waals surface area contributed by atoms with Crippen LogP contribution >= 0.6 is 12.4 Å². The lowest BCUT2D eigenvalue weighted by molar-refractivity contribution is 0.00338. The van der Waals surface area contributed by atoms with E-state index in [-0.39, 0.29) is 12.4 Å². The summed E-state index contributed by atoms with van der Waals surface area (Å²) in [7, 11) is 0. The van der Waals surface area contributed by atoms with E-state index in [1.54, 1.807) is 11.1 Å². The molecule has 4 atom stereocenters. The number of hydrogen-bond donors (Lipinski definition) is 1. The van der Waals surface area contributed by atoms with Crippen molar-refractivity contribution < 1.29 is 4.74 Å². The molecule has 0 amide bonds. The van der Waals surface area contributed by atoms with E-state index in [0.717, 1.165) is 5.92 Å². The molecular weight excluding hydrogens is 258 g/mol. The number of hydrogen-bond acceptors (Lipinski definition) is 2. The largest absolute Gasteiger partial charge is 0.489 e. The first-order valence-electron chi connectivity index (χ1n) is 7.42. The van der Waals surface area contributed by atoms with Gasteiger partial charge in [0.1, 0.15) is 11.9 Å². The Labute approximate surface area is 120 Å². The minimum Gasteiger partial charge on any atom is -0.489 e. The van der Waals surface area contributed by atoms with Gasteiger partial charge in [0.05, 0.1) is 0 Å². The molecule has 1 saturated heterocycles. The third-order valence-electron chi connectivity index (χ3n) is 5.94. The molecule has 2 aliphatic heterocycles. The van der Waals surface area contributed by atoms with Crippen LogP contribution in [0.1, 0.15) is 36.8 Å². The second kappa shape index (κ2) is 3.89. The van der Waals surface area contributed by atoms with Gasteiger partial charge in [-0.1, -0.05) is 12.1 Å². The van der Waals surface area contributed by atoms with Gasteiger partial charge in [0.25, 0.3) is 0 Å². The maximum absolute atomic E-state index is 6.35. The molecule has 2 heterocycles. The Kier molecular flexibility index (Phi) is 2.47. The molecule has 3 heteroatoms. The van der Waals surface area contributed by atoms with Gasteiger partial charge in [-0.15, -0.1) is 12.4 Å². The van der Waals surface area contributed by atoms with Crippen LogP contribution in [0.4, 0.5) is 0 Å². The van der Waals surface area contributed by atoms with Gasteiger partial charge in [0.15, 0.2) is 0 Å². The summed E-state index contributed by atoms with van der Waals surface area (Å²) >= 11 is 0. The number of halogens is 1. The highest BCUT2D eigenvalue weighted by atomic mass is 35.5. The lowest BCUT2D eigenvalue weighted by Gasteiger charge is -2.55. The molecule has 1 spiro atoms. The third-order valence-corrected chi connectivity index (χ3v) is 5.94. The quantitative estimate of drug-likeness (QED) is 0.787. The lowest BCUT2D eigenvalue weighted by Crippen LogP contribution is -2.63. The Hall–Kier alpha value is -0.730. The standard InChI is InChI=1S/C16H19NO.ClH/c1-3-10-9-12-11-4-2-6-14-16(11,7-8-17-12)15(10)13(5-1)18-14;/h1,3,5,11-12,14,17H,2,4,6-9H2;1H.